The molecule has 0 spiro atoms. The van der Waals surface area contributed by atoms with Gasteiger partial charge in [-0.3, -0.25) is 9.59 Å². The van der Waals surface area contributed by atoms with Crippen LogP contribution in [0.5, 0.6) is 11.5 Å². The van der Waals surface area contributed by atoms with Crippen LogP contribution >= 0.6 is 11.3 Å². The second kappa shape index (κ2) is 13.8. The van der Waals surface area contributed by atoms with Crippen molar-refractivity contribution < 1.29 is 23.5 Å². The molecule has 0 bridgehead atoms. The predicted octanol–water partition coefficient (Wildman–Crippen LogP) is 5.73. The van der Waals surface area contributed by atoms with Crippen LogP contribution in [-0.4, -0.2) is 55.5 Å². The molecule has 0 unspecified atom stereocenters. The molecule has 37 heavy (non-hydrogen) atoms. The quantitative estimate of drug-likeness (QED) is 0.286. The smallest absolute Gasteiger partial charge is 0.254 e. The van der Waals surface area contributed by atoms with Crippen LogP contribution in [0.3, 0.4) is 0 Å². The van der Waals surface area contributed by atoms with E-state index in [4.69, 9.17) is 9.47 Å². The number of benzene rings is 2. The number of aryl methyl sites for hydroxylation is 1. The molecule has 0 N–H and O–H groups in total. The van der Waals surface area contributed by atoms with Gasteiger partial charge in [-0.15, -0.1) is 11.3 Å². The zero-order chi connectivity index (χ0) is 26.8. The van der Waals surface area contributed by atoms with Crippen molar-refractivity contribution in [1.82, 2.24) is 9.80 Å². The average molecular weight is 527 g/mol. The Hall–Kier alpha value is -3.39. The van der Waals surface area contributed by atoms with Gasteiger partial charge in [-0.2, -0.15) is 0 Å². The fourth-order valence-corrected chi connectivity index (χ4v) is 4.90. The van der Waals surface area contributed by atoms with Gasteiger partial charge in [0.25, 0.3) is 5.91 Å². The maximum absolute atomic E-state index is 13.6. The van der Waals surface area contributed by atoms with E-state index >= 15 is 0 Å². The number of hydrogen-bond acceptors (Lipinski definition) is 5. The van der Waals surface area contributed by atoms with E-state index in [1.165, 1.54) is 29.1 Å². The molecule has 0 atom stereocenters. The summed E-state index contributed by atoms with van der Waals surface area (Å²) in [7, 11) is 3.19. The first-order valence-corrected chi connectivity index (χ1v) is 13.2. The fourth-order valence-electron chi connectivity index (χ4n) is 3.99. The molecule has 6 nitrogen and oxygen atoms in total. The first kappa shape index (κ1) is 28.2. The van der Waals surface area contributed by atoms with E-state index in [1.807, 2.05) is 44.2 Å². The molecular weight excluding hydrogens is 491 g/mol. The molecule has 2 aromatic carbocycles. The third-order valence-corrected chi connectivity index (χ3v) is 7.09. The summed E-state index contributed by atoms with van der Waals surface area (Å²) in [5.74, 6) is 0.494. The maximum Gasteiger partial charge on any atom is 0.254 e. The Morgan fingerprint density at radius 2 is 1.65 bits per heavy atom. The molecule has 0 radical (unpaired) electrons. The van der Waals surface area contributed by atoms with Crippen LogP contribution in [0.4, 0.5) is 4.39 Å². The zero-order valence-electron chi connectivity index (χ0n) is 22.0. The number of unbranched alkanes of at least 4 members (excludes halogenated alkanes) is 1. The van der Waals surface area contributed by atoms with Gasteiger partial charge >= 0.3 is 0 Å². The molecule has 198 valence electrons. The van der Waals surface area contributed by atoms with Crippen molar-refractivity contribution in [2.75, 3.05) is 33.9 Å². The summed E-state index contributed by atoms with van der Waals surface area (Å²) in [5.41, 5.74) is 1.39. The summed E-state index contributed by atoms with van der Waals surface area (Å²) in [6.45, 7) is 5.45. The van der Waals surface area contributed by atoms with Crippen molar-refractivity contribution in [2.45, 2.75) is 39.7 Å². The normalized spacial score (nSPS) is 10.7. The average Bonchev–Trinajstić information content (AvgIpc) is 3.32. The lowest BCUT2D eigenvalue weighted by atomic mass is 10.1. The number of halogens is 1. The number of carbonyl (C=O) groups excluding carboxylic acids is 2. The molecule has 3 aromatic rings. The Balaban J connectivity index is 1.78. The van der Waals surface area contributed by atoms with Gasteiger partial charge in [0.1, 0.15) is 12.4 Å². The number of ether oxygens (including phenoxy) is 2. The van der Waals surface area contributed by atoms with Crippen molar-refractivity contribution >= 4 is 23.2 Å². The minimum atomic E-state index is -0.402. The highest BCUT2D eigenvalue weighted by Crippen LogP contribution is 2.28. The van der Waals surface area contributed by atoms with Gasteiger partial charge in [-0.1, -0.05) is 19.4 Å². The number of nitrogens with zero attached hydrogens (tertiary/aromatic N) is 2. The van der Waals surface area contributed by atoms with Gasteiger partial charge in [-0.25, -0.2) is 4.39 Å². The third kappa shape index (κ3) is 8.05. The van der Waals surface area contributed by atoms with Crippen molar-refractivity contribution in [3.63, 3.8) is 0 Å². The van der Waals surface area contributed by atoms with Crippen molar-refractivity contribution in [3.8, 4) is 11.5 Å². The van der Waals surface area contributed by atoms with E-state index in [2.05, 4.69) is 0 Å². The highest BCUT2D eigenvalue weighted by atomic mass is 32.1. The molecule has 1 heterocycles. The highest BCUT2D eigenvalue weighted by Gasteiger charge is 2.23. The fraction of sp³-hybridized carbons (Fsp3) is 0.379. The topological polar surface area (TPSA) is 59.1 Å². The summed E-state index contributed by atoms with van der Waals surface area (Å²) in [6.07, 6.45) is 2.28. The van der Waals surface area contributed by atoms with E-state index in [1.54, 1.807) is 35.4 Å². The largest absolute Gasteiger partial charge is 0.493 e. The Labute approximate surface area is 222 Å². The van der Waals surface area contributed by atoms with Gasteiger partial charge in [0.2, 0.25) is 5.91 Å². The molecule has 0 saturated carbocycles. The standard InChI is InChI=1S/C29H35FN2O4S/c1-5-6-16-32(29(34)23-9-11-24(30)12-10-23)20-28(33)31(19-25-13-7-21(2)37-25)17-15-22-8-14-26(35-3)27(18-22)36-4/h7-14,18H,5-6,15-17,19-20H2,1-4H3. The number of thiophene rings is 1. The summed E-state index contributed by atoms with van der Waals surface area (Å²) in [6, 6.07) is 15.3. The lowest BCUT2D eigenvalue weighted by Crippen LogP contribution is -2.43. The first-order valence-electron chi connectivity index (χ1n) is 12.4. The van der Waals surface area contributed by atoms with Gasteiger partial charge in [0.05, 0.1) is 20.8 Å². The minimum Gasteiger partial charge on any atom is -0.493 e. The van der Waals surface area contributed by atoms with Gasteiger partial charge in [0.15, 0.2) is 11.5 Å². The second-order valence-electron chi connectivity index (χ2n) is 8.85. The molecule has 0 aliphatic heterocycles. The van der Waals surface area contributed by atoms with Gasteiger partial charge < -0.3 is 19.3 Å². The molecule has 8 heteroatoms. The Morgan fingerprint density at radius 1 is 0.919 bits per heavy atom. The predicted molar refractivity (Wildman–Crippen MR) is 145 cm³/mol. The summed E-state index contributed by atoms with van der Waals surface area (Å²) in [5, 5.41) is 0. The molecular formula is C29H35FN2O4S. The first-order chi connectivity index (χ1) is 17.8. The molecule has 0 aliphatic rings. The summed E-state index contributed by atoms with van der Waals surface area (Å²) < 4.78 is 24.1. The second-order valence-corrected chi connectivity index (χ2v) is 10.2. The monoisotopic (exact) mass is 526 g/mol. The molecule has 3 rings (SSSR count). The van der Waals surface area contributed by atoms with Crippen LogP contribution in [0.2, 0.25) is 0 Å². The van der Waals surface area contributed by atoms with E-state index in [-0.39, 0.29) is 18.4 Å². The van der Waals surface area contributed by atoms with Gasteiger partial charge in [0, 0.05) is 28.4 Å². The highest BCUT2D eigenvalue weighted by molar-refractivity contribution is 7.11. The molecule has 0 saturated heterocycles. The number of methoxy groups -OCH3 is 2. The van der Waals surface area contributed by atoms with E-state index < -0.39 is 5.82 Å². The van der Waals surface area contributed by atoms with Crippen LogP contribution in [-0.2, 0) is 17.8 Å². The van der Waals surface area contributed by atoms with Crippen LogP contribution in [0, 0.1) is 12.7 Å². The third-order valence-electron chi connectivity index (χ3n) is 6.10. The van der Waals surface area contributed by atoms with E-state index in [0.29, 0.717) is 43.1 Å². The lowest BCUT2D eigenvalue weighted by molar-refractivity contribution is -0.132. The number of carbonyl (C=O) groups is 2. The van der Waals surface area contributed by atoms with E-state index in [9.17, 15) is 14.0 Å². The summed E-state index contributed by atoms with van der Waals surface area (Å²) >= 11 is 1.66. The van der Waals surface area contributed by atoms with Crippen LogP contribution in [0.25, 0.3) is 0 Å². The van der Waals surface area contributed by atoms with Crippen LogP contribution in [0.15, 0.2) is 54.6 Å². The van der Waals surface area contributed by atoms with Gasteiger partial charge in [-0.05, 0) is 73.9 Å². The van der Waals surface area contributed by atoms with Crippen molar-refractivity contribution in [1.29, 1.82) is 0 Å². The number of amides is 2. The summed E-state index contributed by atoms with van der Waals surface area (Å²) in [4.78, 5) is 32.4. The van der Waals surface area contributed by atoms with E-state index in [0.717, 1.165) is 23.3 Å². The minimum absolute atomic E-state index is 0.0352. The number of rotatable bonds is 13. The Bertz CT molecular complexity index is 1180. The maximum atomic E-state index is 13.6. The zero-order valence-corrected chi connectivity index (χ0v) is 22.8. The molecule has 0 aliphatic carbocycles. The Morgan fingerprint density at radius 3 is 2.27 bits per heavy atom. The molecule has 2 amide bonds. The van der Waals surface area contributed by atoms with Crippen molar-refractivity contribution in [3.05, 3.63) is 81.3 Å². The molecule has 1 aromatic heterocycles. The SMILES string of the molecule is CCCCN(CC(=O)N(CCc1ccc(OC)c(OC)c1)Cc1ccc(C)s1)C(=O)c1ccc(F)cc1. The lowest BCUT2D eigenvalue weighted by Gasteiger charge is -2.28. The van der Waals surface area contributed by atoms with Crippen LogP contribution in [0.1, 0.15) is 45.4 Å². The Kier molecular flexibility index (Phi) is 10.5. The van der Waals surface area contributed by atoms with Crippen molar-refractivity contribution in [2.24, 2.45) is 0 Å². The van der Waals surface area contributed by atoms with Crippen LogP contribution < -0.4 is 9.47 Å². The number of hydrogen-bond donors (Lipinski definition) is 0. The molecule has 0 fully saturated rings.